The van der Waals surface area contributed by atoms with E-state index in [1.807, 2.05) is 0 Å². The molecule has 20 heavy (non-hydrogen) atoms. The summed E-state index contributed by atoms with van der Waals surface area (Å²) in [4.78, 5) is 0. The predicted octanol–water partition coefficient (Wildman–Crippen LogP) is 2.70. The third kappa shape index (κ3) is 6.51. The number of hydrogen-bond donors (Lipinski definition) is 2. The second kappa shape index (κ2) is 9.11. The summed E-state index contributed by atoms with van der Waals surface area (Å²) in [5.74, 6) is 0. The monoisotopic (exact) mass is 278 g/mol. The molecule has 2 N–H and O–H groups in total. The van der Waals surface area contributed by atoms with Gasteiger partial charge in [-0.15, -0.1) is 0 Å². The van der Waals surface area contributed by atoms with Crippen molar-refractivity contribution >= 4 is 0 Å². The van der Waals surface area contributed by atoms with Crippen molar-refractivity contribution in [3.8, 4) is 0 Å². The van der Waals surface area contributed by atoms with Gasteiger partial charge in [0.15, 0.2) is 0 Å². The molecule has 0 spiro atoms. The molecule has 0 aliphatic rings. The van der Waals surface area contributed by atoms with Gasteiger partial charge in [-0.05, 0) is 36.1 Å². The standard InChI is InChI=1S/C17H30N2O/c1-17(2,3)16-9-6-5-8-15(16)14-19-11-7-10-18-12-13-20-4/h5-6,8-9,18-19H,7,10-14H2,1-4H3. The van der Waals surface area contributed by atoms with Gasteiger partial charge >= 0.3 is 0 Å². The highest BCUT2D eigenvalue weighted by Crippen LogP contribution is 2.25. The molecule has 1 rings (SSSR count). The highest BCUT2D eigenvalue weighted by Gasteiger charge is 2.16. The van der Waals surface area contributed by atoms with E-state index < -0.39 is 0 Å². The van der Waals surface area contributed by atoms with Crippen LogP contribution in [0.1, 0.15) is 38.3 Å². The quantitative estimate of drug-likeness (QED) is 0.681. The Morgan fingerprint density at radius 2 is 1.70 bits per heavy atom. The highest BCUT2D eigenvalue weighted by molar-refractivity contribution is 5.32. The van der Waals surface area contributed by atoms with Gasteiger partial charge in [0.2, 0.25) is 0 Å². The lowest BCUT2D eigenvalue weighted by molar-refractivity contribution is 0.199. The smallest absolute Gasteiger partial charge is 0.0587 e. The molecule has 3 nitrogen and oxygen atoms in total. The molecule has 0 bridgehead atoms. The van der Waals surface area contributed by atoms with E-state index in [4.69, 9.17) is 4.74 Å². The molecule has 0 aliphatic heterocycles. The molecule has 0 saturated carbocycles. The van der Waals surface area contributed by atoms with Crippen molar-refractivity contribution in [3.63, 3.8) is 0 Å². The Morgan fingerprint density at radius 3 is 2.40 bits per heavy atom. The topological polar surface area (TPSA) is 33.3 Å². The van der Waals surface area contributed by atoms with Crippen LogP contribution in [0.5, 0.6) is 0 Å². The molecule has 0 amide bonds. The van der Waals surface area contributed by atoms with Gasteiger partial charge in [0, 0.05) is 20.2 Å². The third-order valence-corrected chi connectivity index (χ3v) is 3.33. The van der Waals surface area contributed by atoms with Gasteiger partial charge in [-0.2, -0.15) is 0 Å². The van der Waals surface area contributed by atoms with Crippen molar-refractivity contribution in [2.45, 2.75) is 39.2 Å². The molecular formula is C17H30N2O. The molecule has 0 heterocycles. The fraction of sp³-hybridized carbons (Fsp3) is 0.647. The number of hydrogen-bond acceptors (Lipinski definition) is 3. The number of nitrogens with one attached hydrogen (secondary N) is 2. The molecule has 0 aromatic heterocycles. The third-order valence-electron chi connectivity index (χ3n) is 3.33. The molecule has 0 aliphatic carbocycles. The van der Waals surface area contributed by atoms with Crippen LogP contribution >= 0.6 is 0 Å². The predicted molar refractivity (Wildman–Crippen MR) is 86.2 cm³/mol. The van der Waals surface area contributed by atoms with E-state index in [2.05, 4.69) is 55.7 Å². The number of ether oxygens (including phenoxy) is 1. The summed E-state index contributed by atoms with van der Waals surface area (Å²) in [5.41, 5.74) is 3.05. The first-order valence-corrected chi connectivity index (χ1v) is 7.54. The van der Waals surface area contributed by atoms with Gasteiger partial charge in [-0.25, -0.2) is 0 Å². The highest BCUT2D eigenvalue weighted by atomic mass is 16.5. The van der Waals surface area contributed by atoms with E-state index in [-0.39, 0.29) is 5.41 Å². The summed E-state index contributed by atoms with van der Waals surface area (Å²) in [6.07, 6.45) is 1.14. The van der Waals surface area contributed by atoms with Crippen LogP contribution in [-0.2, 0) is 16.7 Å². The SMILES string of the molecule is COCCNCCCNCc1ccccc1C(C)(C)C. The van der Waals surface area contributed by atoms with Crippen LogP contribution in [0.25, 0.3) is 0 Å². The minimum atomic E-state index is 0.208. The van der Waals surface area contributed by atoms with E-state index in [0.717, 1.165) is 39.2 Å². The van der Waals surface area contributed by atoms with Gasteiger partial charge in [-0.1, -0.05) is 45.0 Å². The molecule has 3 heteroatoms. The molecule has 1 aromatic rings. The minimum absolute atomic E-state index is 0.208. The van der Waals surface area contributed by atoms with Crippen molar-refractivity contribution in [1.29, 1.82) is 0 Å². The normalized spacial score (nSPS) is 11.8. The summed E-state index contributed by atoms with van der Waals surface area (Å²) < 4.78 is 4.99. The summed E-state index contributed by atoms with van der Waals surface area (Å²) in [5, 5.41) is 6.89. The van der Waals surface area contributed by atoms with Crippen LogP contribution in [0.15, 0.2) is 24.3 Å². The Bertz CT molecular complexity index is 371. The van der Waals surface area contributed by atoms with E-state index >= 15 is 0 Å². The average molecular weight is 278 g/mol. The van der Waals surface area contributed by atoms with Gasteiger partial charge in [0.1, 0.15) is 0 Å². The van der Waals surface area contributed by atoms with Crippen LogP contribution in [0.3, 0.4) is 0 Å². The second-order valence-electron chi connectivity index (χ2n) is 6.18. The Morgan fingerprint density at radius 1 is 1.00 bits per heavy atom. The molecular weight excluding hydrogens is 248 g/mol. The molecule has 0 radical (unpaired) electrons. The Labute approximate surface area is 124 Å². The van der Waals surface area contributed by atoms with Gasteiger partial charge in [0.25, 0.3) is 0 Å². The maximum Gasteiger partial charge on any atom is 0.0587 e. The lowest BCUT2D eigenvalue weighted by Crippen LogP contribution is -2.25. The fourth-order valence-electron chi connectivity index (χ4n) is 2.27. The molecule has 0 fully saturated rings. The van der Waals surface area contributed by atoms with E-state index in [1.54, 1.807) is 7.11 Å². The van der Waals surface area contributed by atoms with Crippen molar-refractivity contribution < 1.29 is 4.74 Å². The van der Waals surface area contributed by atoms with Crippen LogP contribution in [0.4, 0.5) is 0 Å². The minimum Gasteiger partial charge on any atom is -0.383 e. The lowest BCUT2D eigenvalue weighted by Gasteiger charge is -2.23. The Hall–Kier alpha value is -0.900. The maximum atomic E-state index is 4.99. The van der Waals surface area contributed by atoms with Gasteiger partial charge in [0.05, 0.1) is 6.61 Å². The second-order valence-corrected chi connectivity index (χ2v) is 6.18. The molecule has 1 aromatic carbocycles. The zero-order chi connectivity index (χ0) is 14.8. The number of methoxy groups -OCH3 is 1. The van der Waals surface area contributed by atoms with Crippen molar-refractivity contribution in [2.75, 3.05) is 33.4 Å². The molecule has 0 saturated heterocycles. The Balaban J connectivity index is 2.26. The average Bonchev–Trinajstić information content (AvgIpc) is 2.41. The largest absolute Gasteiger partial charge is 0.383 e. The van der Waals surface area contributed by atoms with Crippen LogP contribution in [0.2, 0.25) is 0 Å². The fourth-order valence-corrected chi connectivity index (χ4v) is 2.27. The Kier molecular flexibility index (Phi) is 7.82. The zero-order valence-corrected chi connectivity index (χ0v) is 13.5. The van der Waals surface area contributed by atoms with Crippen LogP contribution in [0, 0.1) is 0 Å². The first-order valence-electron chi connectivity index (χ1n) is 7.54. The molecule has 0 unspecified atom stereocenters. The van der Waals surface area contributed by atoms with Crippen LogP contribution < -0.4 is 10.6 Å². The van der Waals surface area contributed by atoms with Crippen molar-refractivity contribution in [2.24, 2.45) is 0 Å². The number of rotatable bonds is 9. The first kappa shape index (κ1) is 17.2. The zero-order valence-electron chi connectivity index (χ0n) is 13.5. The maximum absolute atomic E-state index is 4.99. The van der Waals surface area contributed by atoms with Gasteiger partial charge < -0.3 is 15.4 Å². The summed E-state index contributed by atoms with van der Waals surface area (Å²) in [6.45, 7) is 11.6. The van der Waals surface area contributed by atoms with Crippen molar-refractivity contribution in [1.82, 2.24) is 10.6 Å². The summed E-state index contributed by atoms with van der Waals surface area (Å²) in [6, 6.07) is 8.72. The van der Waals surface area contributed by atoms with E-state index in [1.165, 1.54) is 11.1 Å². The van der Waals surface area contributed by atoms with E-state index in [0.29, 0.717) is 0 Å². The lowest BCUT2D eigenvalue weighted by atomic mass is 9.84. The molecule has 0 atom stereocenters. The van der Waals surface area contributed by atoms with Crippen molar-refractivity contribution in [3.05, 3.63) is 35.4 Å². The van der Waals surface area contributed by atoms with Crippen LogP contribution in [-0.4, -0.2) is 33.4 Å². The first-order chi connectivity index (χ1) is 9.55. The van der Waals surface area contributed by atoms with Gasteiger partial charge in [-0.3, -0.25) is 0 Å². The summed E-state index contributed by atoms with van der Waals surface area (Å²) >= 11 is 0. The number of benzene rings is 1. The summed E-state index contributed by atoms with van der Waals surface area (Å²) in [7, 11) is 1.73. The van der Waals surface area contributed by atoms with E-state index in [9.17, 15) is 0 Å². The molecule has 114 valence electrons.